The molecule has 0 spiro atoms. The number of pyridine rings is 1. The maximum absolute atomic E-state index is 13.6. The summed E-state index contributed by atoms with van der Waals surface area (Å²) in [6.45, 7) is 5.36. The van der Waals surface area contributed by atoms with Gasteiger partial charge < -0.3 is 25.5 Å². The van der Waals surface area contributed by atoms with Crippen LogP contribution in [0.2, 0.25) is 10.0 Å². The third-order valence-corrected chi connectivity index (χ3v) is 6.86. The van der Waals surface area contributed by atoms with E-state index in [1.165, 1.54) is 24.9 Å². The molecule has 0 saturated carbocycles. The number of methoxy groups -OCH3 is 2. The number of halogens is 2. The minimum Gasteiger partial charge on any atom is -0.495 e. The van der Waals surface area contributed by atoms with Gasteiger partial charge in [0, 0.05) is 56.1 Å². The summed E-state index contributed by atoms with van der Waals surface area (Å²) in [7, 11) is 2.91. The number of piperazine rings is 1. The van der Waals surface area contributed by atoms with Gasteiger partial charge in [-0.25, -0.2) is 0 Å². The number of aromatic nitrogens is 1. The quantitative estimate of drug-likeness (QED) is 0.398. The SMILES string of the molecule is CC#CC(=O)N1CCN(CCCn2c(N)c(C=N)cc(-c3c(Cl)c(OC)cc(OC)c3Cl)c2=O)CC1. The molecule has 192 valence electrons. The van der Waals surface area contributed by atoms with Gasteiger partial charge in [-0.15, -0.1) is 0 Å². The number of nitrogens with two attached hydrogens (primary N) is 1. The lowest BCUT2D eigenvalue weighted by Gasteiger charge is -2.33. The number of hydrogen-bond donors (Lipinski definition) is 2. The molecule has 1 amide bonds. The smallest absolute Gasteiger partial charge is 0.298 e. The maximum atomic E-state index is 13.6. The van der Waals surface area contributed by atoms with Gasteiger partial charge in [-0.2, -0.15) is 0 Å². The summed E-state index contributed by atoms with van der Waals surface area (Å²) >= 11 is 13.1. The van der Waals surface area contributed by atoms with Crippen molar-refractivity contribution in [1.82, 2.24) is 14.4 Å². The number of carbonyl (C=O) groups is 1. The van der Waals surface area contributed by atoms with Crippen LogP contribution in [0, 0.1) is 17.3 Å². The second kappa shape index (κ2) is 12.2. The number of rotatable bonds is 8. The third-order valence-electron chi connectivity index (χ3n) is 6.11. The maximum Gasteiger partial charge on any atom is 0.298 e. The van der Waals surface area contributed by atoms with E-state index in [4.69, 9.17) is 43.8 Å². The lowest BCUT2D eigenvalue weighted by Crippen LogP contribution is -2.48. The van der Waals surface area contributed by atoms with Crippen molar-refractivity contribution >= 4 is 41.1 Å². The fraction of sp³-hybridized carbons (Fsp3) is 0.400. The van der Waals surface area contributed by atoms with Crippen molar-refractivity contribution in [3.63, 3.8) is 0 Å². The lowest BCUT2D eigenvalue weighted by molar-refractivity contribution is -0.126. The first-order valence-corrected chi connectivity index (χ1v) is 12.1. The number of ether oxygens (including phenoxy) is 2. The second-order valence-corrected chi connectivity index (χ2v) is 8.90. The number of nitrogens with zero attached hydrogens (tertiary/aromatic N) is 3. The van der Waals surface area contributed by atoms with Gasteiger partial charge in [-0.1, -0.05) is 29.1 Å². The zero-order valence-corrected chi connectivity index (χ0v) is 22.0. The lowest BCUT2D eigenvalue weighted by atomic mass is 10.0. The van der Waals surface area contributed by atoms with E-state index in [9.17, 15) is 9.59 Å². The van der Waals surface area contributed by atoms with E-state index in [0.717, 1.165) is 19.3 Å². The number of carbonyl (C=O) groups excluding carboxylic acids is 1. The van der Waals surface area contributed by atoms with Crippen molar-refractivity contribution in [2.45, 2.75) is 19.9 Å². The van der Waals surface area contributed by atoms with Crippen LogP contribution in [-0.4, -0.2) is 73.4 Å². The van der Waals surface area contributed by atoms with Gasteiger partial charge in [0.05, 0.1) is 29.8 Å². The molecule has 1 aromatic heterocycles. The van der Waals surface area contributed by atoms with Gasteiger partial charge in [0.25, 0.3) is 11.5 Å². The Labute approximate surface area is 220 Å². The van der Waals surface area contributed by atoms with Crippen LogP contribution in [0.3, 0.4) is 0 Å². The molecule has 0 bridgehead atoms. The summed E-state index contributed by atoms with van der Waals surface area (Å²) in [4.78, 5) is 29.5. The Morgan fingerprint density at radius 1 is 1.11 bits per heavy atom. The predicted octanol–water partition coefficient (Wildman–Crippen LogP) is 2.98. The topological polar surface area (TPSA) is 114 Å². The molecule has 36 heavy (non-hydrogen) atoms. The van der Waals surface area contributed by atoms with Crippen LogP contribution >= 0.6 is 23.2 Å². The Kier molecular flexibility index (Phi) is 9.26. The van der Waals surface area contributed by atoms with Crippen LogP contribution in [0.25, 0.3) is 11.1 Å². The molecule has 0 unspecified atom stereocenters. The summed E-state index contributed by atoms with van der Waals surface area (Å²) in [5, 5.41) is 8.13. The fourth-order valence-electron chi connectivity index (χ4n) is 4.15. The second-order valence-electron chi connectivity index (χ2n) is 8.15. The van der Waals surface area contributed by atoms with Crippen molar-refractivity contribution in [2.24, 2.45) is 0 Å². The average Bonchev–Trinajstić information content (AvgIpc) is 2.88. The predicted molar refractivity (Wildman–Crippen MR) is 143 cm³/mol. The first kappa shape index (κ1) is 27.4. The van der Waals surface area contributed by atoms with Crippen molar-refractivity contribution in [3.05, 3.63) is 38.1 Å². The van der Waals surface area contributed by atoms with E-state index in [0.29, 0.717) is 49.7 Å². The Bertz CT molecular complexity index is 1250. The number of amides is 1. The molecule has 0 radical (unpaired) electrons. The molecule has 1 aliphatic heterocycles. The Hall–Kier alpha value is -3.19. The van der Waals surface area contributed by atoms with Gasteiger partial charge in [0.2, 0.25) is 0 Å². The summed E-state index contributed by atoms with van der Waals surface area (Å²) in [5.41, 5.74) is 6.69. The molecule has 1 aliphatic rings. The minimum absolute atomic E-state index is 0.154. The highest BCUT2D eigenvalue weighted by molar-refractivity contribution is 6.41. The normalized spacial score (nSPS) is 13.6. The molecular formula is C25H29Cl2N5O4. The van der Waals surface area contributed by atoms with Gasteiger partial charge >= 0.3 is 0 Å². The van der Waals surface area contributed by atoms with Crippen LogP contribution in [-0.2, 0) is 11.3 Å². The highest BCUT2D eigenvalue weighted by atomic mass is 35.5. The van der Waals surface area contributed by atoms with E-state index in [-0.39, 0.29) is 38.5 Å². The summed E-state index contributed by atoms with van der Waals surface area (Å²) in [5.74, 6) is 5.85. The molecule has 3 rings (SSSR count). The number of anilines is 1. The summed E-state index contributed by atoms with van der Waals surface area (Å²) < 4.78 is 12.1. The summed E-state index contributed by atoms with van der Waals surface area (Å²) in [6.07, 6.45) is 1.72. The molecular weight excluding hydrogens is 505 g/mol. The molecule has 1 fully saturated rings. The van der Waals surface area contributed by atoms with E-state index < -0.39 is 0 Å². The molecule has 1 aromatic carbocycles. The molecule has 2 aromatic rings. The number of nitrogen functional groups attached to an aromatic ring is 1. The van der Waals surface area contributed by atoms with E-state index in [1.807, 2.05) is 0 Å². The van der Waals surface area contributed by atoms with E-state index in [1.54, 1.807) is 17.9 Å². The van der Waals surface area contributed by atoms with Crippen LogP contribution in [0.4, 0.5) is 5.82 Å². The highest BCUT2D eigenvalue weighted by Crippen LogP contribution is 2.45. The Balaban J connectivity index is 1.86. The number of hydrogen-bond acceptors (Lipinski definition) is 7. The third kappa shape index (κ3) is 5.62. The Morgan fingerprint density at radius 2 is 1.72 bits per heavy atom. The number of nitrogens with one attached hydrogen (secondary N) is 1. The van der Waals surface area contributed by atoms with Crippen molar-refractivity contribution in [3.8, 4) is 34.5 Å². The average molecular weight is 534 g/mol. The molecule has 0 atom stereocenters. The zero-order chi connectivity index (χ0) is 26.4. The van der Waals surface area contributed by atoms with E-state index in [2.05, 4.69) is 16.7 Å². The standard InChI is InChI=1S/C25H29Cl2N5O4/c1-4-6-20(33)31-11-9-30(10-12-31)7-5-8-32-24(29)16(15-28)13-17(25(32)34)21-22(26)18(35-2)14-19(36-3)23(21)27/h13-15,28H,5,7-12,29H2,1-3H3. The minimum atomic E-state index is -0.384. The van der Waals surface area contributed by atoms with Gasteiger partial charge in [-0.3, -0.25) is 19.1 Å². The fourth-order valence-corrected chi connectivity index (χ4v) is 4.86. The number of benzene rings is 1. The zero-order valence-electron chi connectivity index (χ0n) is 20.5. The molecule has 9 nitrogen and oxygen atoms in total. The van der Waals surface area contributed by atoms with Crippen molar-refractivity contribution < 1.29 is 14.3 Å². The van der Waals surface area contributed by atoms with Gasteiger partial charge in [0.1, 0.15) is 17.3 Å². The van der Waals surface area contributed by atoms with Crippen molar-refractivity contribution in [2.75, 3.05) is 52.7 Å². The monoisotopic (exact) mass is 533 g/mol. The molecule has 0 aliphatic carbocycles. The molecule has 2 heterocycles. The largest absolute Gasteiger partial charge is 0.495 e. The van der Waals surface area contributed by atoms with E-state index >= 15 is 0 Å². The van der Waals surface area contributed by atoms with Gasteiger partial charge in [0.15, 0.2) is 0 Å². The molecule has 3 N–H and O–H groups in total. The van der Waals surface area contributed by atoms with Crippen molar-refractivity contribution in [1.29, 1.82) is 5.41 Å². The van der Waals surface area contributed by atoms with Crippen LogP contribution in [0.5, 0.6) is 11.5 Å². The molecule has 1 saturated heterocycles. The first-order valence-electron chi connectivity index (χ1n) is 11.3. The van der Waals surface area contributed by atoms with Crippen LogP contribution in [0.1, 0.15) is 18.9 Å². The van der Waals surface area contributed by atoms with Crippen LogP contribution in [0.15, 0.2) is 16.9 Å². The highest BCUT2D eigenvalue weighted by Gasteiger charge is 2.24. The van der Waals surface area contributed by atoms with Gasteiger partial charge in [-0.05, 0) is 31.9 Å². The Morgan fingerprint density at radius 3 is 2.25 bits per heavy atom. The van der Waals surface area contributed by atoms with Crippen LogP contribution < -0.4 is 20.8 Å². The molecule has 11 heteroatoms. The first-order chi connectivity index (χ1) is 17.3. The summed E-state index contributed by atoms with van der Waals surface area (Å²) in [6, 6.07) is 3.05.